The number of fused-ring (bicyclic) bond motifs is 1. The number of thiazole rings is 1. The molecule has 230 valence electrons. The van der Waals surface area contributed by atoms with Crippen LogP contribution in [0.25, 0.3) is 0 Å². The minimum absolute atomic E-state index is 0.113. The average Bonchev–Trinajstić information content (AvgIpc) is 3.64. The normalized spacial score (nSPS) is 17.0. The van der Waals surface area contributed by atoms with E-state index in [1.807, 2.05) is 18.2 Å². The zero-order chi connectivity index (χ0) is 30.0. The zero-order valence-corrected chi connectivity index (χ0v) is 24.7. The van der Waals surface area contributed by atoms with Crippen molar-refractivity contribution in [3.63, 3.8) is 0 Å². The summed E-state index contributed by atoms with van der Waals surface area (Å²) >= 11 is 1.25. The number of anilines is 2. The molecule has 0 aliphatic carbocycles. The molecule has 2 aromatic carbocycles. The number of unbranched alkanes of at least 4 members (excludes halogenated alkanes) is 1. The van der Waals surface area contributed by atoms with Gasteiger partial charge in [0.05, 0.1) is 12.2 Å². The van der Waals surface area contributed by atoms with Crippen molar-refractivity contribution in [1.82, 2.24) is 9.88 Å². The van der Waals surface area contributed by atoms with Crippen molar-refractivity contribution >= 4 is 34.0 Å². The lowest BCUT2D eigenvalue weighted by atomic mass is 10.0. The Morgan fingerprint density at radius 1 is 1.21 bits per heavy atom. The summed E-state index contributed by atoms with van der Waals surface area (Å²) in [6, 6.07) is 8.40. The second kappa shape index (κ2) is 15.2. The van der Waals surface area contributed by atoms with Crippen LogP contribution in [0.1, 0.15) is 66.1 Å². The lowest BCUT2D eigenvalue weighted by Crippen LogP contribution is -2.38. The fourth-order valence-corrected chi connectivity index (χ4v) is 5.79. The first kappa shape index (κ1) is 30.9. The average molecular weight is 613 g/mol. The molecule has 3 N–H and O–H groups in total. The molecule has 1 fully saturated rings. The second-order valence-corrected chi connectivity index (χ2v) is 11.3. The molecule has 0 radical (unpaired) electrons. The fourth-order valence-electron chi connectivity index (χ4n) is 5.26. The molecule has 3 heterocycles. The van der Waals surface area contributed by atoms with Crippen LogP contribution in [0.3, 0.4) is 0 Å². The van der Waals surface area contributed by atoms with Crippen LogP contribution in [0.4, 0.5) is 15.2 Å². The van der Waals surface area contributed by atoms with E-state index in [1.165, 1.54) is 34.4 Å². The van der Waals surface area contributed by atoms with Crippen LogP contribution in [0.2, 0.25) is 0 Å². The van der Waals surface area contributed by atoms with Crippen LogP contribution in [0.5, 0.6) is 5.75 Å². The van der Waals surface area contributed by atoms with Crippen molar-refractivity contribution in [2.24, 2.45) is 0 Å². The number of aromatic nitrogens is 1. The Hall–Kier alpha value is -3.58. The SMILES string of the molecule is O=C(Nc1nccs1)C(c1cc(F)ccc1OC1CCCCO1)N1Cc2cccc(NCCCCOCCCO)c2C1=O. The first-order valence-electron chi connectivity index (χ1n) is 14.7. The number of nitrogens with one attached hydrogen (secondary N) is 2. The maximum atomic E-state index is 14.8. The molecule has 2 atom stereocenters. The molecule has 5 rings (SSSR count). The molecule has 10 nitrogen and oxygen atoms in total. The van der Waals surface area contributed by atoms with Gasteiger partial charge < -0.3 is 29.5 Å². The number of hydrogen-bond acceptors (Lipinski definition) is 9. The maximum absolute atomic E-state index is 14.8. The van der Waals surface area contributed by atoms with E-state index < -0.39 is 24.1 Å². The Kier molecular flexibility index (Phi) is 10.9. The number of halogens is 1. The van der Waals surface area contributed by atoms with Crippen LogP contribution in [0, 0.1) is 5.82 Å². The summed E-state index contributed by atoms with van der Waals surface area (Å²) in [5.74, 6) is -1.12. The van der Waals surface area contributed by atoms with Crippen molar-refractivity contribution in [3.05, 3.63) is 70.5 Å². The van der Waals surface area contributed by atoms with E-state index in [0.29, 0.717) is 55.6 Å². The number of nitrogens with zero attached hydrogens (tertiary/aromatic N) is 2. The predicted octanol–water partition coefficient (Wildman–Crippen LogP) is 5.11. The molecule has 43 heavy (non-hydrogen) atoms. The van der Waals surface area contributed by atoms with Gasteiger partial charge in [-0.3, -0.25) is 14.9 Å². The highest BCUT2D eigenvalue weighted by Crippen LogP contribution is 2.39. The first-order valence-corrected chi connectivity index (χ1v) is 15.6. The van der Waals surface area contributed by atoms with E-state index in [2.05, 4.69) is 15.6 Å². The molecule has 0 spiro atoms. The van der Waals surface area contributed by atoms with Gasteiger partial charge in [-0.25, -0.2) is 9.37 Å². The second-order valence-electron chi connectivity index (χ2n) is 10.4. The predicted molar refractivity (Wildman–Crippen MR) is 161 cm³/mol. The van der Waals surface area contributed by atoms with Crippen LogP contribution >= 0.6 is 11.3 Å². The monoisotopic (exact) mass is 612 g/mol. The summed E-state index contributed by atoms with van der Waals surface area (Å²) in [5, 5.41) is 17.1. The number of aliphatic hydroxyl groups is 1. The number of rotatable bonds is 15. The topological polar surface area (TPSA) is 122 Å². The van der Waals surface area contributed by atoms with E-state index in [4.69, 9.17) is 19.3 Å². The first-order chi connectivity index (χ1) is 21.0. The van der Waals surface area contributed by atoms with Crippen molar-refractivity contribution in [2.45, 2.75) is 57.4 Å². The Balaban J connectivity index is 1.38. The fraction of sp³-hybridized carbons (Fsp3) is 0.452. The number of hydrogen-bond donors (Lipinski definition) is 3. The number of ether oxygens (including phenoxy) is 3. The van der Waals surface area contributed by atoms with Gasteiger partial charge in [0.25, 0.3) is 11.8 Å². The van der Waals surface area contributed by atoms with Gasteiger partial charge in [0.15, 0.2) is 11.4 Å². The van der Waals surface area contributed by atoms with Crippen LogP contribution < -0.4 is 15.4 Å². The van der Waals surface area contributed by atoms with E-state index in [0.717, 1.165) is 31.2 Å². The van der Waals surface area contributed by atoms with Crippen LogP contribution in [0.15, 0.2) is 48.0 Å². The molecule has 2 aliphatic rings. The molecule has 2 unspecified atom stereocenters. The standard InChI is InChI=1S/C31H37FN4O6S/c32-22-10-11-25(42-26-9-1-3-17-41-26)23(19-22)28(29(38)35-31-34-13-18-43-31)36-20-21-7-5-8-24(27(21)30(36)39)33-12-2-4-15-40-16-6-14-37/h5,7-8,10-11,13,18-19,26,28,33,37H,1-4,6,9,12,14-17,20H2,(H,34,35,38). The zero-order valence-electron chi connectivity index (χ0n) is 23.9. The summed E-state index contributed by atoms with van der Waals surface area (Å²) < 4.78 is 32.2. The number of carbonyl (C=O) groups is 2. The highest BCUT2D eigenvalue weighted by atomic mass is 32.1. The van der Waals surface area contributed by atoms with Gasteiger partial charge in [-0.15, -0.1) is 11.3 Å². The Bertz CT molecular complexity index is 1370. The summed E-state index contributed by atoms with van der Waals surface area (Å²) in [6.45, 7) is 2.59. The third-order valence-electron chi connectivity index (χ3n) is 7.33. The van der Waals surface area contributed by atoms with Gasteiger partial charge in [0.2, 0.25) is 0 Å². The van der Waals surface area contributed by atoms with E-state index in [-0.39, 0.29) is 30.4 Å². The maximum Gasteiger partial charge on any atom is 0.257 e. The Morgan fingerprint density at radius 2 is 2.09 bits per heavy atom. The molecule has 2 amide bonds. The number of aliphatic hydroxyl groups excluding tert-OH is 1. The largest absolute Gasteiger partial charge is 0.465 e. The lowest BCUT2D eigenvalue weighted by Gasteiger charge is -2.30. The molecular weight excluding hydrogens is 575 g/mol. The minimum Gasteiger partial charge on any atom is -0.465 e. The van der Waals surface area contributed by atoms with E-state index in [9.17, 15) is 14.0 Å². The lowest BCUT2D eigenvalue weighted by molar-refractivity contribution is -0.121. The van der Waals surface area contributed by atoms with E-state index >= 15 is 0 Å². The van der Waals surface area contributed by atoms with Gasteiger partial charge in [-0.2, -0.15) is 0 Å². The molecule has 0 bridgehead atoms. The van der Waals surface area contributed by atoms with Gasteiger partial charge in [0, 0.05) is 62.2 Å². The minimum atomic E-state index is -1.19. The van der Waals surface area contributed by atoms with Crippen molar-refractivity contribution < 1.29 is 33.3 Å². The van der Waals surface area contributed by atoms with Crippen molar-refractivity contribution in [1.29, 1.82) is 0 Å². The third kappa shape index (κ3) is 7.88. The van der Waals surface area contributed by atoms with Gasteiger partial charge >= 0.3 is 0 Å². The van der Waals surface area contributed by atoms with Crippen molar-refractivity contribution in [3.8, 4) is 5.75 Å². The summed E-state index contributed by atoms with van der Waals surface area (Å²) in [4.78, 5) is 33.6. The summed E-state index contributed by atoms with van der Waals surface area (Å²) in [5.41, 5.74) is 2.17. The summed E-state index contributed by atoms with van der Waals surface area (Å²) in [6.07, 6.45) is 5.86. The molecule has 1 saturated heterocycles. The van der Waals surface area contributed by atoms with Gasteiger partial charge in [0.1, 0.15) is 17.6 Å². The quantitative estimate of drug-likeness (QED) is 0.202. The highest BCUT2D eigenvalue weighted by molar-refractivity contribution is 7.13. The Labute approximate surface area is 254 Å². The third-order valence-corrected chi connectivity index (χ3v) is 8.02. The molecule has 3 aromatic rings. The van der Waals surface area contributed by atoms with E-state index in [1.54, 1.807) is 11.6 Å². The molecular formula is C31H37FN4O6S. The van der Waals surface area contributed by atoms with Gasteiger partial charge in [-0.05, 0) is 61.9 Å². The molecule has 12 heteroatoms. The molecule has 1 aromatic heterocycles. The van der Waals surface area contributed by atoms with Crippen LogP contribution in [-0.2, 0) is 20.8 Å². The highest BCUT2D eigenvalue weighted by Gasteiger charge is 2.40. The number of amides is 2. The van der Waals surface area contributed by atoms with Crippen molar-refractivity contribution in [2.75, 3.05) is 43.6 Å². The number of benzene rings is 2. The molecule has 0 saturated carbocycles. The smallest absolute Gasteiger partial charge is 0.257 e. The number of carbonyl (C=O) groups excluding carboxylic acids is 2. The molecule has 2 aliphatic heterocycles. The Morgan fingerprint density at radius 3 is 2.88 bits per heavy atom. The van der Waals surface area contributed by atoms with Gasteiger partial charge in [-0.1, -0.05) is 12.1 Å². The summed E-state index contributed by atoms with van der Waals surface area (Å²) in [7, 11) is 0. The van der Waals surface area contributed by atoms with Crippen LogP contribution in [-0.4, -0.2) is 66.1 Å².